The molecule has 3 aromatic rings. The first-order valence-corrected chi connectivity index (χ1v) is 11.8. The fourth-order valence-corrected chi connectivity index (χ4v) is 5.19. The second kappa shape index (κ2) is 9.33. The molecule has 2 atom stereocenters. The molecule has 7 heteroatoms. The summed E-state index contributed by atoms with van der Waals surface area (Å²) in [4.78, 5) is 52.1. The van der Waals surface area contributed by atoms with E-state index in [-0.39, 0.29) is 42.4 Å². The van der Waals surface area contributed by atoms with Gasteiger partial charge in [-0.05, 0) is 24.5 Å². The summed E-state index contributed by atoms with van der Waals surface area (Å²) >= 11 is 0. The van der Waals surface area contributed by atoms with Gasteiger partial charge in [0.05, 0.1) is 29.5 Å². The normalized spacial score (nSPS) is 19.3. The number of imide groups is 1. The number of nitrogens with zero attached hydrogens (tertiary/aromatic N) is 2. The molecule has 0 saturated carbocycles. The average molecular weight is 471 g/mol. The highest BCUT2D eigenvalue weighted by Gasteiger charge is 2.47. The van der Waals surface area contributed by atoms with Crippen molar-refractivity contribution in [1.29, 1.82) is 0 Å². The first-order valence-electron chi connectivity index (χ1n) is 11.8. The highest BCUT2D eigenvalue weighted by atomic mass is 16.5. The molecule has 2 aromatic carbocycles. The zero-order chi connectivity index (χ0) is 24.5. The van der Waals surface area contributed by atoms with Crippen LogP contribution in [-0.2, 0) is 26.2 Å². The third kappa shape index (κ3) is 4.07. The molecular formula is C28H26N2O5. The Labute approximate surface area is 203 Å². The van der Waals surface area contributed by atoms with Crippen LogP contribution in [0.1, 0.15) is 29.6 Å². The van der Waals surface area contributed by atoms with Gasteiger partial charge in [0.15, 0.2) is 6.61 Å². The molecular weight excluding hydrogens is 444 g/mol. The predicted molar refractivity (Wildman–Crippen MR) is 130 cm³/mol. The summed E-state index contributed by atoms with van der Waals surface area (Å²) in [6.45, 7) is -0.440. The van der Waals surface area contributed by atoms with Crippen molar-refractivity contribution in [1.82, 2.24) is 9.47 Å². The molecule has 2 aliphatic rings. The SMILES string of the molecule is Cn1c(-c2ccccc2)c(C(=O)COC(=O)CCN2C(=O)[C@H]3CC=CC[C@H]3C2=O)c2ccccc21. The van der Waals surface area contributed by atoms with E-state index in [2.05, 4.69) is 0 Å². The molecule has 0 N–H and O–H groups in total. The Bertz CT molecular complexity index is 1330. The molecule has 35 heavy (non-hydrogen) atoms. The molecule has 0 spiro atoms. The van der Waals surface area contributed by atoms with Gasteiger partial charge in [-0.25, -0.2) is 0 Å². The molecule has 1 fully saturated rings. The fourth-order valence-electron chi connectivity index (χ4n) is 5.19. The minimum absolute atomic E-state index is 0.0266. The van der Waals surface area contributed by atoms with E-state index in [9.17, 15) is 19.2 Å². The van der Waals surface area contributed by atoms with Gasteiger partial charge in [-0.15, -0.1) is 0 Å². The van der Waals surface area contributed by atoms with Crippen LogP contribution in [0.2, 0.25) is 0 Å². The van der Waals surface area contributed by atoms with Gasteiger partial charge in [-0.1, -0.05) is 60.7 Å². The number of esters is 1. The minimum atomic E-state index is -0.617. The second-order valence-corrected chi connectivity index (χ2v) is 8.98. The smallest absolute Gasteiger partial charge is 0.308 e. The summed E-state index contributed by atoms with van der Waals surface area (Å²) in [5.74, 6) is -2.03. The van der Waals surface area contributed by atoms with Crippen molar-refractivity contribution >= 4 is 34.5 Å². The van der Waals surface area contributed by atoms with E-state index in [4.69, 9.17) is 4.74 Å². The van der Waals surface area contributed by atoms with Crippen molar-refractivity contribution in [2.45, 2.75) is 19.3 Å². The Morgan fingerprint density at radius 2 is 1.54 bits per heavy atom. The van der Waals surface area contributed by atoms with Gasteiger partial charge < -0.3 is 9.30 Å². The number of ether oxygens (including phenoxy) is 1. The van der Waals surface area contributed by atoms with Gasteiger partial charge in [-0.3, -0.25) is 24.1 Å². The van der Waals surface area contributed by atoms with Crippen molar-refractivity contribution in [3.63, 3.8) is 0 Å². The summed E-state index contributed by atoms with van der Waals surface area (Å²) in [6.07, 6.45) is 4.82. The number of ketones is 1. The molecule has 1 aliphatic heterocycles. The number of carbonyl (C=O) groups excluding carboxylic acids is 4. The molecule has 0 radical (unpaired) electrons. The number of benzene rings is 2. The molecule has 5 rings (SSSR count). The molecule has 0 bridgehead atoms. The lowest BCUT2D eigenvalue weighted by Crippen LogP contribution is -2.33. The number of allylic oxidation sites excluding steroid dienone is 2. The molecule has 1 aliphatic carbocycles. The van der Waals surface area contributed by atoms with Crippen LogP contribution < -0.4 is 0 Å². The summed E-state index contributed by atoms with van der Waals surface area (Å²) in [7, 11) is 1.91. The summed E-state index contributed by atoms with van der Waals surface area (Å²) in [5, 5.41) is 0.791. The van der Waals surface area contributed by atoms with Crippen LogP contribution in [0.5, 0.6) is 0 Å². The Kier molecular flexibility index (Phi) is 6.07. The van der Waals surface area contributed by atoms with Crippen LogP contribution in [-0.4, -0.2) is 46.2 Å². The van der Waals surface area contributed by atoms with Gasteiger partial charge in [0, 0.05) is 24.5 Å². The Balaban J connectivity index is 1.28. The summed E-state index contributed by atoms with van der Waals surface area (Å²) in [6, 6.07) is 17.2. The van der Waals surface area contributed by atoms with E-state index in [0.29, 0.717) is 18.4 Å². The third-order valence-corrected chi connectivity index (χ3v) is 6.94. The number of aromatic nitrogens is 1. The fraction of sp³-hybridized carbons (Fsp3) is 0.286. The van der Waals surface area contributed by atoms with Crippen LogP contribution in [0, 0.1) is 11.8 Å². The summed E-state index contributed by atoms with van der Waals surface area (Å²) in [5.41, 5.74) is 3.06. The maximum atomic E-state index is 13.3. The van der Waals surface area contributed by atoms with E-state index in [1.165, 1.54) is 4.90 Å². The molecule has 178 valence electrons. The van der Waals surface area contributed by atoms with E-state index >= 15 is 0 Å². The Morgan fingerprint density at radius 3 is 2.23 bits per heavy atom. The molecule has 1 aromatic heterocycles. The highest BCUT2D eigenvalue weighted by Crippen LogP contribution is 2.35. The highest BCUT2D eigenvalue weighted by molar-refractivity contribution is 6.14. The molecule has 2 heterocycles. The number of Topliss-reactive ketones (excluding diaryl/α,β-unsaturated/α-hetero) is 1. The van der Waals surface area contributed by atoms with Crippen molar-refractivity contribution in [2.24, 2.45) is 18.9 Å². The van der Waals surface area contributed by atoms with Crippen LogP contribution in [0.3, 0.4) is 0 Å². The van der Waals surface area contributed by atoms with Crippen LogP contribution in [0.25, 0.3) is 22.2 Å². The van der Waals surface area contributed by atoms with Gasteiger partial charge in [0.2, 0.25) is 17.6 Å². The maximum Gasteiger partial charge on any atom is 0.308 e. The van der Waals surface area contributed by atoms with E-state index in [1.54, 1.807) is 0 Å². The number of hydrogen-bond donors (Lipinski definition) is 0. The number of carbonyl (C=O) groups is 4. The van der Waals surface area contributed by atoms with E-state index in [1.807, 2.05) is 78.4 Å². The number of rotatable bonds is 7. The maximum absolute atomic E-state index is 13.3. The van der Waals surface area contributed by atoms with E-state index < -0.39 is 12.6 Å². The van der Waals surface area contributed by atoms with Crippen molar-refractivity contribution in [3.8, 4) is 11.3 Å². The van der Waals surface area contributed by atoms with Gasteiger partial charge in [0.25, 0.3) is 0 Å². The zero-order valence-corrected chi connectivity index (χ0v) is 19.5. The molecule has 7 nitrogen and oxygen atoms in total. The van der Waals surface area contributed by atoms with Gasteiger partial charge >= 0.3 is 5.97 Å². The molecule has 0 unspecified atom stereocenters. The Hall–Kier alpha value is -4.00. The molecule has 2 amide bonds. The monoisotopic (exact) mass is 470 g/mol. The van der Waals surface area contributed by atoms with Gasteiger partial charge in [0.1, 0.15) is 0 Å². The number of fused-ring (bicyclic) bond motifs is 2. The first kappa shape index (κ1) is 22.8. The van der Waals surface area contributed by atoms with Crippen LogP contribution in [0.15, 0.2) is 66.7 Å². The van der Waals surface area contributed by atoms with E-state index in [0.717, 1.165) is 22.2 Å². The number of aryl methyl sites for hydroxylation is 1. The lowest BCUT2D eigenvalue weighted by molar-refractivity contribution is -0.145. The average Bonchev–Trinajstić information content (AvgIpc) is 3.32. The minimum Gasteiger partial charge on any atom is -0.457 e. The van der Waals surface area contributed by atoms with Crippen LogP contribution >= 0.6 is 0 Å². The number of hydrogen-bond acceptors (Lipinski definition) is 5. The molecule has 1 saturated heterocycles. The first-order chi connectivity index (χ1) is 17.0. The number of amides is 2. The van der Waals surface area contributed by atoms with Crippen molar-refractivity contribution in [2.75, 3.05) is 13.2 Å². The lowest BCUT2D eigenvalue weighted by Gasteiger charge is -2.14. The number of para-hydroxylation sites is 1. The quantitative estimate of drug-likeness (QED) is 0.226. The largest absolute Gasteiger partial charge is 0.457 e. The number of likely N-dealkylation sites (tertiary alicyclic amines) is 1. The Morgan fingerprint density at radius 1 is 0.914 bits per heavy atom. The third-order valence-electron chi connectivity index (χ3n) is 6.94. The van der Waals surface area contributed by atoms with Crippen molar-refractivity contribution in [3.05, 3.63) is 72.3 Å². The second-order valence-electron chi connectivity index (χ2n) is 8.98. The lowest BCUT2D eigenvalue weighted by atomic mass is 9.85. The van der Waals surface area contributed by atoms with Crippen LogP contribution in [0.4, 0.5) is 0 Å². The predicted octanol–water partition coefficient (Wildman–Crippen LogP) is 3.91. The van der Waals surface area contributed by atoms with Crippen molar-refractivity contribution < 1.29 is 23.9 Å². The summed E-state index contributed by atoms with van der Waals surface area (Å²) < 4.78 is 7.27. The standard InChI is InChI=1S/C28H26N2O5/c1-29-22-14-8-7-13-21(22)25(26(29)18-9-3-2-4-10-18)23(31)17-35-24(32)15-16-30-27(33)19-11-5-6-12-20(19)28(30)34/h2-10,13-14,19-20H,11-12,15-17H2,1H3/t19-,20+. The topological polar surface area (TPSA) is 85.7 Å². The van der Waals surface area contributed by atoms with Gasteiger partial charge in [-0.2, -0.15) is 0 Å². The zero-order valence-electron chi connectivity index (χ0n) is 19.5.